The SMILES string of the molecule is CC(=O)NC(=N)c1ccc2c(c1)NC(=O)CC(c1cccc(C#N)c1)=N2.NC(=O)c1ccc2c(c1)NC(=O)CC(c1ccnnc1)=N2. The molecule has 3 aromatic carbocycles. The number of primary amides is 1. The molecule has 47 heavy (non-hydrogen) atoms. The molecule has 0 fully saturated rings. The molecule has 6 rings (SSSR count). The normalized spacial score (nSPS) is 13.2. The van der Waals surface area contributed by atoms with Crippen LogP contribution in [0.25, 0.3) is 0 Å². The van der Waals surface area contributed by atoms with E-state index >= 15 is 0 Å². The van der Waals surface area contributed by atoms with E-state index in [1.165, 1.54) is 19.2 Å². The second kappa shape index (κ2) is 13.8. The number of carbonyl (C=O) groups excluding carboxylic acids is 4. The fourth-order valence-corrected chi connectivity index (χ4v) is 4.65. The van der Waals surface area contributed by atoms with Gasteiger partial charge in [-0.2, -0.15) is 15.5 Å². The standard InChI is InChI=1S/C19H15N5O2.C14H11N5O2/c1-11(25)22-19(21)14-5-6-15-17(8-14)24-18(26)9-16(23-15)13-4-2-3-12(7-13)10-20;15-14(21)8-1-2-10-12(5-8)19-13(20)6-11(18-10)9-3-4-16-17-7-9/h2-8H,9H2,1H3,(H,24,26)(H2,21,22,25);1-5,7H,6H2,(H2,15,21)(H,19,20). The maximum atomic E-state index is 12.3. The van der Waals surface area contributed by atoms with Crippen LogP contribution in [0.4, 0.5) is 22.7 Å². The Labute approximate surface area is 268 Å². The van der Waals surface area contributed by atoms with Crippen molar-refractivity contribution in [2.75, 3.05) is 10.6 Å². The van der Waals surface area contributed by atoms with Crippen LogP contribution in [0, 0.1) is 16.7 Å². The van der Waals surface area contributed by atoms with Gasteiger partial charge in [-0.1, -0.05) is 12.1 Å². The van der Waals surface area contributed by atoms with E-state index in [-0.39, 0.29) is 36.4 Å². The molecule has 14 nitrogen and oxygen atoms in total. The Morgan fingerprint density at radius 3 is 2.04 bits per heavy atom. The van der Waals surface area contributed by atoms with Gasteiger partial charge in [-0.3, -0.25) is 34.6 Å². The second-order valence-electron chi connectivity index (χ2n) is 10.3. The summed E-state index contributed by atoms with van der Waals surface area (Å²) in [6.45, 7) is 1.33. The zero-order chi connectivity index (χ0) is 33.5. The molecule has 0 saturated heterocycles. The lowest BCUT2D eigenvalue weighted by molar-refractivity contribution is -0.118. The maximum absolute atomic E-state index is 12.3. The van der Waals surface area contributed by atoms with E-state index in [0.717, 1.165) is 5.56 Å². The molecule has 14 heteroatoms. The number of rotatable bonds is 4. The van der Waals surface area contributed by atoms with Crippen molar-refractivity contribution in [2.45, 2.75) is 19.8 Å². The molecular formula is C33H26N10O4. The molecule has 2 aliphatic rings. The van der Waals surface area contributed by atoms with Crippen LogP contribution < -0.4 is 21.7 Å². The molecule has 3 heterocycles. The zero-order valence-electron chi connectivity index (χ0n) is 24.9. The van der Waals surface area contributed by atoms with Crippen LogP contribution in [0.3, 0.4) is 0 Å². The largest absolute Gasteiger partial charge is 0.366 e. The van der Waals surface area contributed by atoms with Gasteiger partial charge >= 0.3 is 0 Å². The van der Waals surface area contributed by atoms with Crippen LogP contribution in [0.15, 0.2) is 89.1 Å². The van der Waals surface area contributed by atoms with Crippen molar-refractivity contribution < 1.29 is 19.2 Å². The summed E-state index contributed by atoms with van der Waals surface area (Å²) in [5, 5.41) is 32.3. The Morgan fingerprint density at radius 2 is 1.47 bits per heavy atom. The van der Waals surface area contributed by atoms with Gasteiger partial charge in [-0.05, 0) is 60.2 Å². The third-order valence-corrected chi connectivity index (χ3v) is 6.82. The van der Waals surface area contributed by atoms with E-state index in [0.29, 0.717) is 56.4 Å². The maximum Gasteiger partial charge on any atom is 0.248 e. The summed E-state index contributed by atoms with van der Waals surface area (Å²) in [4.78, 5) is 55.6. The molecule has 0 atom stereocenters. The molecule has 4 amide bonds. The first-order chi connectivity index (χ1) is 22.6. The summed E-state index contributed by atoms with van der Waals surface area (Å²) < 4.78 is 0. The molecule has 2 aliphatic heterocycles. The smallest absolute Gasteiger partial charge is 0.248 e. The number of hydrogen-bond donors (Lipinski definition) is 5. The highest BCUT2D eigenvalue weighted by atomic mass is 16.2. The van der Waals surface area contributed by atoms with Crippen molar-refractivity contribution >= 4 is 63.6 Å². The van der Waals surface area contributed by atoms with E-state index in [4.69, 9.17) is 16.4 Å². The summed E-state index contributed by atoms with van der Waals surface area (Å²) in [7, 11) is 0. The van der Waals surface area contributed by atoms with Crippen LogP contribution in [0.2, 0.25) is 0 Å². The fraction of sp³-hybridized carbons (Fsp3) is 0.0909. The van der Waals surface area contributed by atoms with Crippen molar-refractivity contribution in [1.82, 2.24) is 15.5 Å². The topological polar surface area (TPSA) is 229 Å². The molecule has 0 radical (unpaired) electrons. The zero-order valence-corrected chi connectivity index (χ0v) is 24.9. The van der Waals surface area contributed by atoms with E-state index < -0.39 is 5.91 Å². The van der Waals surface area contributed by atoms with E-state index in [9.17, 15) is 19.2 Å². The van der Waals surface area contributed by atoms with Gasteiger partial charge in [0.2, 0.25) is 23.6 Å². The molecule has 0 spiro atoms. The molecule has 1 aromatic heterocycles. The lowest BCUT2D eigenvalue weighted by Gasteiger charge is -2.09. The van der Waals surface area contributed by atoms with Gasteiger partial charge in [-0.25, -0.2) is 0 Å². The van der Waals surface area contributed by atoms with Crippen molar-refractivity contribution in [2.24, 2.45) is 15.7 Å². The first kappa shape index (κ1) is 31.5. The lowest BCUT2D eigenvalue weighted by Crippen LogP contribution is -2.28. The minimum atomic E-state index is -0.557. The number of aliphatic imine (C=N–C) groups is 2. The number of nitrogens with one attached hydrogen (secondary N) is 4. The molecule has 232 valence electrons. The van der Waals surface area contributed by atoms with E-state index in [1.807, 2.05) is 0 Å². The molecular weight excluding hydrogens is 600 g/mol. The number of carbonyl (C=O) groups is 4. The Bertz CT molecular complexity index is 2050. The number of aromatic nitrogens is 2. The Morgan fingerprint density at radius 1 is 0.851 bits per heavy atom. The highest BCUT2D eigenvalue weighted by Crippen LogP contribution is 2.31. The summed E-state index contributed by atoms with van der Waals surface area (Å²) in [6, 6.07) is 20.4. The Hall–Kier alpha value is -6.88. The number of nitrogens with two attached hydrogens (primary N) is 1. The van der Waals surface area contributed by atoms with Crippen molar-refractivity contribution in [3.05, 3.63) is 107 Å². The number of hydrogen-bond acceptors (Lipinski definition) is 10. The minimum Gasteiger partial charge on any atom is -0.366 e. The third kappa shape index (κ3) is 7.80. The van der Waals surface area contributed by atoms with Crippen LogP contribution in [-0.2, 0) is 14.4 Å². The summed E-state index contributed by atoms with van der Waals surface area (Å²) in [6.07, 6.45) is 3.28. The van der Waals surface area contributed by atoms with E-state index in [2.05, 4.69) is 42.2 Å². The van der Waals surface area contributed by atoms with Gasteiger partial charge < -0.3 is 21.7 Å². The molecule has 0 aliphatic carbocycles. The third-order valence-electron chi connectivity index (χ3n) is 6.82. The number of amides is 4. The molecule has 0 bridgehead atoms. The second-order valence-corrected chi connectivity index (χ2v) is 10.3. The van der Waals surface area contributed by atoms with Gasteiger partial charge in [0.15, 0.2) is 0 Å². The van der Waals surface area contributed by atoms with Crippen LogP contribution in [0.5, 0.6) is 0 Å². The van der Waals surface area contributed by atoms with Gasteiger partial charge in [0.25, 0.3) is 0 Å². The van der Waals surface area contributed by atoms with Crippen molar-refractivity contribution in [1.29, 1.82) is 10.7 Å². The average molecular weight is 627 g/mol. The molecule has 6 N–H and O–H groups in total. The number of fused-ring (bicyclic) bond motifs is 2. The van der Waals surface area contributed by atoms with Gasteiger partial charge in [-0.15, -0.1) is 0 Å². The number of nitriles is 1. The average Bonchev–Trinajstić information content (AvgIpc) is 3.34. The monoisotopic (exact) mass is 626 g/mol. The van der Waals surface area contributed by atoms with Gasteiger partial charge in [0.1, 0.15) is 5.84 Å². The molecule has 0 saturated carbocycles. The first-order valence-electron chi connectivity index (χ1n) is 14.1. The fourth-order valence-electron chi connectivity index (χ4n) is 4.65. The minimum absolute atomic E-state index is 0.0512. The van der Waals surface area contributed by atoms with E-state index in [1.54, 1.807) is 66.9 Å². The summed E-state index contributed by atoms with van der Waals surface area (Å²) in [5.41, 5.74) is 11.1. The predicted octanol–water partition coefficient (Wildman–Crippen LogP) is 3.52. The van der Waals surface area contributed by atoms with Crippen LogP contribution in [-0.4, -0.2) is 51.1 Å². The van der Waals surface area contributed by atoms with Crippen LogP contribution in [0.1, 0.15) is 52.4 Å². The highest BCUT2D eigenvalue weighted by molar-refractivity contribution is 6.18. The highest BCUT2D eigenvalue weighted by Gasteiger charge is 2.20. The number of anilines is 2. The lowest BCUT2D eigenvalue weighted by atomic mass is 10.0. The predicted molar refractivity (Wildman–Crippen MR) is 174 cm³/mol. The quantitative estimate of drug-likeness (QED) is 0.167. The van der Waals surface area contributed by atoms with Crippen molar-refractivity contribution in [3.63, 3.8) is 0 Å². The molecule has 0 unspecified atom stereocenters. The van der Waals surface area contributed by atoms with Gasteiger partial charge in [0, 0.05) is 23.6 Å². The summed E-state index contributed by atoms with van der Waals surface area (Å²) in [5.74, 6) is -1.41. The summed E-state index contributed by atoms with van der Waals surface area (Å²) >= 11 is 0. The van der Waals surface area contributed by atoms with Gasteiger partial charge in [0.05, 0.1) is 71.0 Å². The first-order valence-corrected chi connectivity index (χ1v) is 14.1. The van der Waals surface area contributed by atoms with Crippen LogP contribution >= 0.6 is 0 Å². The number of benzene rings is 3. The number of nitrogens with zero attached hydrogens (tertiary/aromatic N) is 5. The van der Waals surface area contributed by atoms with Crippen molar-refractivity contribution in [3.8, 4) is 6.07 Å². The molecule has 4 aromatic rings. The number of amidine groups is 1. The Kier molecular flexibility index (Phi) is 9.28. The Balaban J connectivity index is 0.000000189.